The maximum absolute atomic E-state index is 14.2. The van der Waals surface area contributed by atoms with Crippen LogP contribution < -0.4 is 10.6 Å². The van der Waals surface area contributed by atoms with E-state index in [4.69, 9.17) is 11.6 Å². The smallest absolute Gasteiger partial charge is 0.367 e. The van der Waals surface area contributed by atoms with E-state index >= 15 is 0 Å². The highest BCUT2D eigenvalue weighted by atomic mass is 35.5. The summed E-state index contributed by atoms with van der Waals surface area (Å²) in [4.78, 5) is 30.9. The molecule has 0 unspecified atom stereocenters. The number of rotatable bonds is 7. The van der Waals surface area contributed by atoms with Gasteiger partial charge in [-0.2, -0.15) is 18.3 Å². The molecule has 8 nitrogen and oxygen atoms in total. The molecule has 5 rings (SSSR count). The average molecular weight is 525 g/mol. The van der Waals surface area contributed by atoms with Gasteiger partial charge in [0.1, 0.15) is 24.7 Å². The van der Waals surface area contributed by atoms with Crippen molar-refractivity contribution in [2.24, 2.45) is 0 Å². The Hall–Kier alpha value is -3.41. The highest BCUT2D eigenvalue weighted by Gasteiger charge is 2.36. The van der Waals surface area contributed by atoms with Gasteiger partial charge in [-0.15, -0.1) is 0 Å². The van der Waals surface area contributed by atoms with E-state index in [0.717, 1.165) is 18.9 Å². The van der Waals surface area contributed by atoms with E-state index in [1.165, 1.54) is 10.7 Å². The maximum Gasteiger partial charge on any atom is 0.405 e. The van der Waals surface area contributed by atoms with Gasteiger partial charge in [0, 0.05) is 42.2 Å². The second kappa shape index (κ2) is 9.23. The molecule has 190 valence electrons. The molecular weight excluding hydrogens is 504 g/mol. The van der Waals surface area contributed by atoms with Crippen molar-refractivity contribution in [3.8, 4) is 0 Å². The van der Waals surface area contributed by atoms with E-state index in [2.05, 4.69) is 15.4 Å². The normalized spacial score (nSPS) is 16.2. The highest BCUT2D eigenvalue weighted by Crippen LogP contribution is 2.37. The summed E-state index contributed by atoms with van der Waals surface area (Å²) in [6.45, 7) is -1.41. The Morgan fingerprint density at radius 2 is 1.92 bits per heavy atom. The minimum absolute atomic E-state index is 0.194. The average Bonchev–Trinajstić information content (AvgIpc) is 3.54. The molecule has 0 bridgehead atoms. The van der Waals surface area contributed by atoms with Gasteiger partial charge in [0.25, 0.3) is 5.91 Å². The lowest BCUT2D eigenvalue weighted by atomic mass is 9.93. The zero-order valence-electron chi connectivity index (χ0n) is 18.8. The van der Waals surface area contributed by atoms with E-state index < -0.39 is 31.0 Å². The number of carbonyl (C=O) groups excluding carboxylic acids is 2. The summed E-state index contributed by atoms with van der Waals surface area (Å²) in [7, 11) is 0. The van der Waals surface area contributed by atoms with Crippen LogP contribution in [0.1, 0.15) is 34.8 Å². The van der Waals surface area contributed by atoms with Crippen LogP contribution in [0.5, 0.6) is 0 Å². The second-order valence-corrected chi connectivity index (χ2v) is 9.32. The van der Waals surface area contributed by atoms with Crippen LogP contribution in [0.2, 0.25) is 5.02 Å². The number of anilines is 1. The Labute approximate surface area is 207 Å². The lowest BCUT2D eigenvalue weighted by Crippen LogP contribution is -2.48. The molecule has 2 aliphatic rings. The van der Waals surface area contributed by atoms with Crippen molar-refractivity contribution in [2.45, 2.75) is 37.5 Å². The molecule has 1 aliphatic heterocycles. The van der Waals surface area contributed by atoms with Crippen molar-refractivity contribution in [1.29, 1.82) is 0 Å². The van der Waals surface area contributed by atoms with Gasteiger partial charge in [0.05, 0.1) is 16.2 Å². The van der Waals surface area contributed by atoms with Gasteiger partial charge in [-0.3, -0.25) is 14.3 Å². The first kappa shape index (κ1) is 24.3. The Morgan fingerprint density at radius 3 is 2.61 bits per heavy atom. The van der Waals surface area contributed by atoms with Crippen LogP contribution in [0.15, 0.2) is 30.5 Å². The topological polar surface area (TPSA) is 92.2 Å². The molecular formula is C23H21ClF4N6O2. The molecule has 3 aromatic rings. The first-order chi connectivity index (χ1) is 17.1. The number of nitrogens with zero attached hydrogens (tertiary/aromatic N) is 4. The monoisotopic (exact) mass is 524 g/mol. The lowest BCUT2D eigenvalue weighted by Gasteiger charge is -2.38. The first-order valence-corrected chi connectivity index (χ1v) is 11.7. The van der Waals surface area contributed by atoms with E-state index in [9.17, 15) is 27.2 Å². The fourth-order valence-electron chi connectivity index (χ4n) is 4.11. The van der Waals surface area contributed by atoms with Gasteiger partial charge >= 0.3 is 6.18 Å². The van der Waals surface area contributed by atoms with Gasteiger partial charge in [0.2, 0.25) is 5.91 Å². The third-order valence-electron chi connectivity index (χ3n) is 6.11. The summed E-state index contributed by atoms with van der Waals surface area (Å²) in [5.74, 6) is -1.44. The lowest BCUT2D eigenvalue weighted by molar-refractivity contribution is -0.138. The number of hydrogen-bond acceptors (Lipinski definition) is 5. The van der Waals surface area contributed by atoms with Gasteiger partial charge in [-0.05, 0) is 37.1 Å². The minimum atomic E-state index is -4.55. The standard InChI is InChI=1S/C23H21ClF4N6O2/c24-20-15(25)3-4-16-19(20)21(32-34(16)10-18(35)30-11-23(26,27)28)13-8-33(9-13)22(36)12-5-6-29-17(7-12)31-14-1-2-14/h3-7,13-14H,1-2,8-11H2,(H,29,31)(H,30,35). The van der Waals surface area contributed by atoms with Crippen LogP contribution in [0.3, 0.4) is 0 Å². The summed E-state index contributed by atoms with van der Waals surface area (Å²) >= 11 is 6.21. The van der Waals surface area contributed by atoms with E-state index in [0.29, 0.717) is 28.6 Å². The Balaban J connectivity index is 1.33. The molecule has 1 aliphatic carbocycles. The number of carbonyl (C=O) groups is 2. The Morgan fingerprint density at radius 1 is 1.17 bits per heavy atom. The number of nitrogens with one attached hydrogen (secondary N) is 2. The van der Waals surface area contributed by atoms with E-state index in [1.807, 2.05) is 0 Å². The number of hydrogen-bond donors (Lipinski definition) is 2. The first-order valence-electron chi connectivity index (χ1n) is 11.3. The number of likely N-dealkylation sites (tertiary alicyclic amines) is 1. The van der Waals surface area contributed by atoms with Crippen LogP contribution >= 0.6 is 11.6 Å². The van der Waals surface area contributed by atoms with Crippen molar-refractivity contribution >= 4 is 40.1 Å². The minimum Gasteiger partial charge on any atom is -0.367 e. The molecule has 2 fully saturated rings. The summed E-state index contributed by atoms with van der Waals surface area (Å²) in [5.41, 5.74) is 1.17. The number of halogens is 5. The van der Waals surface area contributed by atoms with Gasteiger partial charge < -0.3 is 15.5 Å². The number of benzene rings is 1. The fraction of sp³-hybridized carbons (Fsp3) is 0.391. The summed E-state index contributed by atoms with van der Waals surface area (Å²) in [6.07, 6.45) is -0.843. The molecule has 0 spiro atoms. The van der Waals surface area contributed by atoms with Gasteiger partial charge in [-0.1, -0.05) is 11.6 Å². The van der Waals surface area contributed by atoms with Crippen molar-refractivity contribution in [2.75, 3.05) is 25.0 Å². The molecule has 2 amide bonds. The molecule has 2 aromatic heterocycles. The molecule has 3 heterocycles. The fourth-order valence-corrected chi connectivity index (χ4v) is 4.37. The van der Waals surface area contributed by atoms with Crippen LogP contribution in [-0.4, -0.2) is 63.3 Å². The number of amides is 2. The van der Waals surface area contributed by atoms with Crippen LogP contribution in [0.25, 0.3) is 10.9 Å². The second-order valence-electron chi connectivity index (χ2n) is 8.95. The zero-order valence-corrected chi connectivity index (χ0v) is 19.5. The van der Waals surface area contributed by atoms with Crippen molar-refractivity contribution in [3.05, 3.63) is 52.6 Å². The Kier molecular flexibility index (Phi) is 6.23. The molecule has 1 saturated carbocycles. The molecule has 0 radical (unpaired) electrons. The zero-order chi connectivity index (χ0) is 25.6. The highest BCUT2D eigenvalue weighted by molar-refractivity contribution is 6.35. The summed E-state index contributed by atoms with van der Waals surface area (Å²) in [6, 6.07) is 6.19. The van der Waals surface area contributed by atoms with Crippen LogP contribution in [0.4, 0.5) is 23.4 Å². The number of pyridine rings is 1. The van der Waals surface area contributed by atoms with Crippen molar-refractivity contribution in [3.63, 3.8) is 0 Å². The summed E-state index contributed by atoms with van der Waals surface area (Å²) in [5, 5.41) is 9.50. The van der Waals surface area contributed by atoms with Gasteiger partial charge in [-0.25, -0.2) is 9.37 Å². The number of fused-ring (bicyclic) bond motifs is 1. The van der Waals surface area contributed by atoms with Crippen molar-refractivity contribution < 1.29 is 27.2 Å². The molecule has 36 heavy (non-hydrogen) atoms. The number of aromatic nitrogens is 3. The van der Waals surface area contributed by atoms with Gasteiger partial charge in [0.15, 0.2) is 0 Å². The van der Waals surface area contributed by atoms with E-state index in [1.54, 1.807) is 28.5 Å². The predicted octanol–water partition coefficient (Wildman–Crippen LogP) is 3.72. The molecule has 13 heteroatoms. The molecule has 0 atom stereocenters. The third-order valence-corrected chi connectivity index (χ3v) is 6.48. The maximum atomic E-state index is 14.2. The summed E-state index contributed by atoms with van der Waals surface area (Å²) < 4.78 is 52.8. The predicted molar refractivity (Wildman–Crippen MR) is 123 cm³/mol. The molecule has 1 aromatic carbocycles. The molecule has 1 saturated heterocycles. The van der Waals surface area contributed by atoms with E-state index in [-0.39, 0.29) is 35.3 Å². The van der Waals surface area contributed by atoms with Crippen LogP contribution in [-0.2, 0) is 11.3 Å². The van der Waals surface area contributed by atoms with Crippen molar-refractivity contribution in [1.82, 2.24) is 25.0 Å². The quantitative estimate of drug-likeness (QED) is 0.460. The van der Waals surface area contributed by atoms with Crippen LogP contribution in [0, 0.1) is 5.82 Å². The largest absolute Gasteiger partial charge is 0.405 e. The number of alkyl halides is 3. The third kappa shape index (κ3) is 5.08. The molecule has 2 N–H and O–H groups in total. The Bertz CT molecular complexity index is 1330. The SMILES string of the molecule is O=C(Cn1nc(C2CN(C(=O)c3ccnc(NC4CC4)c3)C2)c2c(Cl)c(F)ccc21)NCC(F)(F)F.